The second-order valence-corrected chi connectivity index (χ2v) is 5.08. The number of hydrogen-bond acceptors (Lipinski definition) is 3. The third kappa shape index (κ3) is 5.08. The lowest BCUT2D eigenvalue weighted by molar-refractivity contribution is 0.0106. The second kappa shape index (κ2) is 8.41. The summed E-state index contributed by atoms with van der Waals surface area (Å²) in [5.41, 5.74) is 1.19. The van der Waals surface area contributed by atoms with Crippen molar-refractivity contribution in [2.45, 2.75) is 44.6 Å². The average molecular weight is 273 g/mol. The van der Waals surface area contributed by atoms with Crippen molar-refractivity contribution in [2.24, 2.45) is 5.16 Å². The fourth-order valence-corrected chi connectivity index (χ4v) is 2.18. The zero-order chi connectivity index (χ0) is 14.0. The lowest BCUT2D eigenvalue weighted by Gasteiger charge is -2.21. The van der Waals surface area contributed by atoms with Gasteiger partial charge in [-0.25, -0.2) is 0 Å². The first-order valence-electron chi connectivity index (χ1n) is 7.39. The molecular formula is C17H23NO2. The van der Waals surface area contributed by atoms with Gasteiger partial charge in [0, 0.05) is 0 Å². The van der Waals surface area contributed by atoms with E-state index in [0.29, 0.717) is 6.61 Å². The second-order valence-electron chi connectivity index (χ2n) is 5.08. The highest BCUT2D eigenvalue weighted by molar-refractivity contribution is 5.84. The van der Waals surface area contributed by atoms with Gasteiger partial charge in [-0.3, -0.25) is 0 Å². The molecular weight excluding hydrogens is 250 g/mol. The first-order valence-corrected chi connectivity index (χ1v) is 7.39. The fourth-order valence-electron chi connectivity index (χ4n) is 2.18. The van der Waals surface area contributed by atoms with E-state index in [4.69, 9.17) is 9.57 Å². The van der Waals surface area contributed by atoms with Crippen LogP contribution in [0.15, 0.2) is 48.1 Å². The molecule has 0 spiro atoms. The van der Waals surface area contributed by atoms with Crippen molar-refractivity contribution < 1.29 is 9.57 Å². The number of rotatable bonds is 8. The molecule has 20 heavy (non-hydrogen) atoms. The Labute approximate surface area is 121 Å². The number of para-hydroxylation sites is 1. The summed E-state index contributed by atoms with van der Waals surface area (Å²) in [7, 11) is 0. The first kappa shape index (κ1) is 14.6. The van der Waals surface area contributed by atoms with Crippen LogP contribution in [0.25, 0.3) is 0 Å². The van der Waals surface area contributed by atoms with E-state index in [-0.39, 0.29) is 6.10 Å². The molecule has 108 valence electrons. The Morgan fingerprint density at radius 2 is 2.15 bits per heavy atom. The lowest BCUT2D eigenvalue weighted by atomic mass is 10.0. The van der Waals surface area contributed by atoms with Gasteiger partial charge in [0.2, 0.25) is 0 Å². The van der Waals surface area contributed by atoms with Gasteiger partial charge in [0.05, 0.1) is 5.71 Å². The Balaban J connectivity index is 1.65. The maximum atomic E-state index is 5.69. The summed E-state index contributed by atoms with van der Waals surface area (Å²) in [6.07, 6.45) is 8.54. The van der Waals surface area contributed by atoms with E-state index in [0.717, 1.165) is 31.4 Å². The van der Waals surface area contributed by atoms with Crippen LogP contribution in [0.1, 0.15) is 38.5 Å². The number of ether oxygens (including phenoxy) is 1. The van der Waals surface area contributed by atoms with Gasteiger partial charge >= 0.3 is 0 Å². The predicted octanol–water partition coefficient (Wildman–Crippen LogP) is 4.35. The first-order chi connectivity index (χ1) is 9.88. The molecule has 1 heterocycles. The van der Waals surface area contributed by atoms with Gasteiger partial charge in [-0.2, -0.15) is 0 Å². The van der Waals surface area contributed by atoms with Crippen molar-refractivity contribution in [2.75, 3.05) is 6.61 Å². The molecule has 1 aliphatic heterocycles. The Kier molecular flexibility index (Phi) is 6.15. The molecule has 1 unspecified atom stereocenters. The fraction of sp³-hybridized carbons (Fsp3) is 0.471. The minimum absolute atomic E-state index is 0.0760. The van der Waals surface area contributed by atoms with E-state index in [1.165, 1.54) is 18.6 Å². The number of oxime groups is 1. The topological polar surface area (TPSA) is 30.8 Å². The number of hydrogen-bond donors (Lipinski definition) is 0. The van der Waals surface area contributed by atoms with Gasteiger partial charge in [0.25, 0.3) is 0 Å². The van der Waals surface area contributed by atoms with Crippen molar-refractivity contribution >= 4 is 5.71 Å². The highest BCUT2D eigenvalue weighted by atomic mass is 16.7. The van der Waals surface area contributed by atoms with Gasteiger partial charge in [0.1, 0.15) is 12.4 Å². The van der Waals surface area contributed by atoms with Crippen LogP contribution in [0.2, 0.25) is 0 Å². The van der Waals surface area contributed by atoms with Crippen molar-refractivity contribution in [3.63, 3.8) is 0 Å². The summed E-state index contributed by atoms with van der Waals surface area (Å²) in [4.78, 5) is 5.51. The quantitative estimate of drug-likeness (QED) is 0.521. The van der Waals surface area contributed by atoms with E-state index < -0.39 is 0 Å². The van der Waals surface area contributed by atoms with Crippen LogP contribution in [-0.2, 0) is 4.84 Å². The minimum atomic E-state index is 0.0760. The molecule has 1 aliphatic rings. The SMILES string of the molecule is C=CCCCCC1=NOC(COc2ccccc2)CC1. The van der Waals surface area contributed by atoms with E-state index >= 15 is 0 Å². The molecule has 1 aromatic carbocycles. The number of nitrogens with zero attached hydrogens (tertiary/aromatic N) is 1. The maximum absolute atomic E-state index is 5.69. The van der Waals surface area contributed by atoms with Crippen molar-refractivity contribution in [1.29, 1.82) is 0 Å². The summed E-state index contributed by atoms with van der Waals surface area (Å²) in [5.74, 6) is 0.885. The standard InChI is InChI=1S/C17H23NO2/c1-2-3-4-6-9-15-12-13-17(20-18-15)14-19-16-10-7-5-8-11-16/h2,5,7-8,10-11,17H,1,3-4,6,9,12-14H2. The van der Waals surface area contributed by atoms with Crippen LogP contribution >= 0.6 is 0 Å². The predicted molar refractivity (Wildman–Crippen MR) is 82.1 cm³/mol. The molecule has 0 N–H and O–H groups in total. The summed E-state index contributed by atoms with van der Waals surface area (Å²) in [6, 6.07) is 9.83. The molecule has 0 bridgehead atoms. The van der Waals surface area contributed by atoms with E-state index in [9.17, 15) is 0 Å². The number of allylic oxidation sites excluding steroid dienone is 1. The molecule has 0 saturated carbocycles. The molecule has 0 amide bonds. The molecule has 2 rings (SSSR count). The van der Waals surface area contributed by atoms with Gasteiger partial charge in [-0.05, 0) is 50.7 Å². The minimum Gasteiger partial charge on any atom is -0.490 e. The Hall–Kier alpha value is -1.77. The van der Waals surface area contributed by atoms with Gasteiger partial charge in [-0.1, -0.05) is 29.4 Å². The lowest BCUT2D eigenvalue weighted by Crippen LogP contribution is -2.25. The van der Waals surface area contributed by atoms with Gasteiger partial charge < -0.3 is 9.57 Å². The highest BCUT2D eigenvalue weighted by Crippen LogP contribution is 2.17. The summed E-state index contributed by atoms with van der Waals surface area (Å²) >= 11 is 0. The van der Waals surface area contributed by atoms with E-state index in [1.807, 2.05) is 36.4 Å². The maximum Gasteiger partial charge on any atom is 0.161 e. The van der Waals surface area contributed by atoms with Crippen LogP contribution in [0.4, 0.5) is 0 Å². The third-order valence-electron chi connectivity index (χ3n) is 3.39. The zero-order valence-corrected chi connectivity index (χ0v) is 12.0. The summed E-state index contributed by atoms with van der Waals surface area (Å²) in [6.45, 7) is 4.30. The molecule has 3 nitrogen and oxygen atoms in total. The molecule has 0 saturated heterocycles. The van der Waals surface area contributed by atoms with Crippen LogP contribution in [0.3, 0.4) is 0 Å². The van der Waals surface area contributed by atoms with Crippen LogP contribution in [-0.4, -0.2) is 18.4 Å². The normalized spacial score (nSPS) is 18.0. The van der Waals surface area contributed by atoms with Gasteiger partial charge in [0.15, 0.2) is 6.10 Å². The Morgan fingerprint density at radius 3 is 2.85 bits per heavy atom. The highest BCUT2D eigenvalue weighted by Gasteiger charge is 2.17. The average Bonchev–Trinajstić information content (AvgIpc) is 2.52. The smallest absolute Gasteiger partial charge is 0.161 e. The van der Waals surface area contributed by atoms with E-state index in [1.54, 1.807) is 0 Å². The molecule has 0 radical (unpaired) electrons. The van der Waals surface area contributed by atoms with Crippen LogP contribution in [0.5, 0.6) is 5.75 Å². The molecule has 1 aromatic rings. The zero-order valence-electron chi connectivity index (χ0n) is 12.0. The molecule has 3 heteroatoms. The largest absolute Gasteiger partial charge is 0.490 e. The Morgan fingerprint density at radius 1 is 1.30 bits per heavy atom. The van der Waals surface area contributed by atoms with E-state index in [2.05, 4.69) is 11.7 Å². The summed E-state index contributed by atoms with van der Waals surface area (Å²) in [5, 5.41) is 4.23. The summed E-state index contributed by atoms with van der Waals surface area (Å²) < 4.78 is 5.69. The number of benzene rings is 1. The van der Waals surface area contributed by atoms with Crippen molar-refractivity contribution in [3.05, 3.63) is 43.0 Å². The van der Waals surface area contributed by atoms with Gasteiger partial charge in [-0.15, -0.1) is 6.58 Å². The third-order valence-corrected chi connectivity index (χ3v) is 3.39. The van der Waals surface area contributed by atoms with Crippen molar-refractivity contribution in [1.82, 2.24) is 0 Å². The van der Waals surface area contributed by atoms with Crippen molar-refractivity contribution in [3.8, 4) is 5.75 Å². The number of unbranched alkanes of at least 4 members (excludes halogenated alkanes) is 2. The van der Waals surface area contributed by atoms with Crippen LogP contribution in [0, 0.1) is 0 Å². The monoisotopic (exact) mass is 273 g/mol. The molecule has 0 fully saturated rings. The molecule has 0 aromatic heterocycles. The van der Waals surface area contributed by atoms with Crippen LogP contribution < -0.4 is 4.74 Å². The molecule has 1 atom stereocenters. The molecule has 0 aliphatic carbocycles. The Bertz CT molecular complexity index is 428.